The Morgan fingerprint density at radius 1 is 1.15 bits per heavy atom. The monoisotopic (exact) mass is 176 g/mol. The number of fused-ring (bicyclic) bond motifs is 1. The minimum Gasteiger partial charge on any atom is -0.504 e. The molecule has 0 aliphatic rings. The van der Waals surface area contributed by atoms with E-state index in [1.807, 2.05) is 20.8 Å². The molecule has 0 unspecified atom stereocenters. The molecular weight excluding hydrogens is 164 g/mol. The van der Waals surface area contributed by atoms with Crippen molar-refractivity contribution in [3.8, 4) is 5.75 Å². The maximum Gasteiger partial charge on any atom is 0.162 e. The highest BCUT2D eigenvalue weighted by Crippen LogP contribution is 2.33. The van der Waals surface area contributed by atoms with Crippen LogP contribution in [-0.2, 0) is 0 Å². The van der Waals surface area contributed by atoms with Gasteiger partial charge in [0.25, 0.3) is 0 Å². The van der Waals surface area contributed by atoms with E-state index in [4.69, 9.17) is 4.42 Å². The van der Waals surface area contributed by atoms with Gasteiger partial charge in [0.1, 0.15) is 11.8 Å². The Balaban J connectivity index is 2.99. The van der Waals surface area contributed by atoms with E-state index < -0.39 is 0 Å². The first-order valence-corrected chi connectivity index (χ1v) is 4.28. The molecule has 0 aliphatic carbocycles. The van der Waals surface area contributed by atoms with Gasteiger partial charge in [-0.05, 0) is 37.5 Å². The van der Waals surface area contributed by atoms with Crippen molar-refractivity contribution >= 4 is 11.0 Å². The molecule has 0 atom stereocenters. The topological polar surface area (TPSA) is 33.4 Å². The van der Waals surface area contributed by atoms with Gasteiger partial charge < -0.3 is 9.52 Å². The van der Waals surface area contributed by atoms with Crippen molar-refractivity contribution in [2.75, 3.05) is 0 Å². The maximum atomic E-state index is 9.51. The van der Waals surface area contributed by atoms with Crippen molar-refractivity contribution in [3.05, 3.63) is 29.0 Å². The van der Waals surface area contributed by atoms with Gasteiger partial charge >= 0.3 is 0 Å². The zero-order valence-corrected chi connectivity index (χ0v) is 8.01. The van der Waals surface area contributed by atoms with Crippen LogP contribution in [0, 0.1) is 20.8 Å². The van der Waals surface area contributed by atoms with Gasteiger partial charge in [-0.1, -0.05) is 6.07 Å². The summed E-state index contributed by atoms with van der Waals surface area (Å²) in [5.41, 5.74) is 4.15. The molecule has 0 spiro atoms. The van der Waals surface area contributed by atoms with Gasteiger partial charge in [-0.25, -0.2) is 0 Å². The lowest BCUT2D eigenvalue weighted by Gasteiger charge is -2.03. The van der Waals surface area contributed by atoms with Crippen LogP contribution >= 0.6 is 0 Å². The van der Waals surface area contributed by atoms with Crippen LogP contribution in [0.3, 0.4) is 0 Å². The quantitative estimate of drug-likeness (QED) is 0.669. The largest absolute Gasteiger partial charge is 0.504 e. The molecule has 2 rings (SSSR count). The van der Waals surface area contributed by atoms with Crippen molar-refractivity contribution < 1.29 is 9.52 Å². The maximum absolute atomic E-state index is 9.51. The molecule has 2 aromatic rings. The molecule has 0 fully saturated rings. The molecular formula is C11H12O2. The normalized spacial score (nSPS) is 11.0. The standard InChI is InChI=1S/C11H12O2/c1-6-4-7(2)10-9(12)5-13-11(10)8(6)3/h4-5,12H,1-3H3. The van der Waals surface area contributed by atoms with E-state index in [0.29, 0.717) is 0 Å². The van der Waals surface area contributed by atoms with Gasteiger partial charge in [-0.15, -0.1) is 0 Å². The molecule has 0 aliphatic heterocycles. The lowest BCUT2D eigenvalue weighted by molar-refractivity contribution is 0.464. The fourth-order valence-electron chi connectivity index (χ4n) is 1.69. The first-order chi connectivity index (χ1) is 6.11. The second-order valence-corrected chi connectivity index (χ2v) is 3.46. The SMILES string of the molecule is Cc1cc(C)c2c(O)coc2c1C. The van der Waals surface area contributed by atoms with E-state index in [9.17, 15) is 5.11 Å². The minimum absolute atomic E-state index is 0.232. The fourth-order valence-corrected chi connectivity index (χ4v) is 1.69. The van der Waals surface area contributed by atoms with Gasteiger partial charge in [0.15, 0.2) is 5.75 Å². The van der Waals surface area contributed by atoms with E-state index in [-0.39, 0.29) is 5.75 Å². The summed E-state index contributed by atoms with van der Waals surface area (Å²) < 4.78 is 5.29. The summed E-state index contributed by atoms with van der Waals surface area (Å²) in [5, 5.41) is 10.3. The molecule has 1 heterocycles. The Hall–Kier alpha value is -1.44. The molecule has 2 heteroatoms. The van der Waals surface area contributed by atoms with Gasteiger partial charge in [0.05, 0.1) is 5.39 Å². The van der Waals surface area contributed by atoms with Gasteiger partial charge in [-0.3, -0.25) is 0 Å². The second kappa shape index (κ2) is 2.52. The third kappa shape index (κ3) is 1.02. The van der Waals surface area contributed by atoms with Gasteiger partial charge in [-0.2, -0.15) is 0 Å². The van der Waals surface area contributed by atoms with E-state index in [2.05, 4.69) is 6.07 Å². The lowest BCUT2D eigenvalue weighted by Crippen LogP contribution is -1.84. The summed E-state index contributed by atoms with van der Waals surface area (Å²) >= 11 is 0. The molecule has 0 saturated carbocycles. The Labute approximate surface area is 76.8 Å². The Kier molecular flexibility index (Phi) is 1.59. The Morgan fingerprint density at radius 2 is 1.85 bits per heavy atom. The predicted octanol–water partition coefficient (Wildman–Crippen LogP) is 3.06. The molecule has 2 nitrogen and oxygen atoms in total. The summed E-state index contributed by atoms with van der Waals surface area (Å²) in [6, 6.07) is 2.06. The number of rotatable bonds is 0. The Morgan fingerprint density at radius 3 is 2.54 bits per heavy atom. The zero-order chi connectivity index (χ0) is 9.59. The van der Waals surface area contributed by atoms with Crippen LogP contribution in [0.2, 0.25) is 0 Å². The first-order valence-electron chi connectivity index (χ1n) is 4.28. The van der Waals surface area contributed by atoms with Crippen LogP contribution in [0.25, 0.3) is 11.0 Å². The molecule has 68 valence electrons. The number of aryl methyl sites for hydroxylation is 3. The van der Waals surface area contributed by atoms with Crippen LogP contribution in [0.5, 0.6) is 5.75 Å². The third-order valence-corrected chi connectivity index (χ3v) is 2.53. The van der Waals surface area contributed by atoms with E-state index >= 15 is 0 Å². The molecule has 13 heavy (non-hydrogen) atoms. The van der Waals surface area contributed by atoms with Crippen molar-refractivity contribution in [2.24, 2.45) is 0 Å². The summed E-state index contributed by atoms with van der Waals surface area (Å²) in [4.78, 5) is 0. The van der Waals surface area contributed by atoms with Gasteiger partial charge in [0.2, 0.25) is 0 Å². The van der Waals surface area contributed by atoms with E-state index in [0.717, 1.165) is 22.1 Å². The predicted molar refractivity (Wildman–Crippen MR) is 52.1 cm³/mol. The van der Waals surface area contributed by atoms with Crippen molar-refractivity contribution in [1.29, 1.82) is 0 Å². The minimum atomic E-state index is 0.232. The zero-order valence-electron chi connectivity index (χ0n) is 8.01. The van der Waals surface area contributed by atoms with E-state index in [1.54, 1.807) is 0 Å². The second-order valence-electron chi connectivity index (χ2n) is 3.46. The van der Waals surface area contributed by atoms with Gasteiger partial charge in [0, 0.05) is 0 Å². The van der Waals surface area contributed by atoms with Crippen molar-refractivity contribution in [1.82, 2.24) is 0 Å². The van der Waals surface area contributed by atoms with Crippen molar-refractivity contribution in [3.63, 3.8) is 0 Å². The van der Waals surface area contributed by atoms with Crippen LogP contribution < -0.4 is 0 Å². The molecule has 1 N–H and O–H groups in total. The molecule has 0 bridgehead atoms. The Bertz CT molecular complexity index is 466. The number of aromatic hydroxyl groups is 1. The summed E-state index contributed by atoms with van der Waals surface area (Å²) in [6.07, 6.45) is 1.39. The summed E-state index contributed by atoms with van der Waals surface area (Å²) in [7, 11) is 0. The number of furan rings is 1. The molecule has 0 saturated heterocycles. The van der Waals surface area contributed by atoms with Crippen LogP contribution in [0.15, 0.2) is 16.7 Å². The fraction of sp³-hybridized carbons (Fsp3) is 0.273. The van der Waals surface area contributed by atoms with Crippen molar-refractivity contribution in [2.45, 2.75) is 20.8 Å². The molecule has 1 aromatic carbocycles. The third-order valence-electron chi connectivity index (χ3n) is 2.53. The highest BCUT2D eigenvalue weighted by atomic mass is 16.4. The molecule has 1 aromatic heterocycles. The number of benzene rings is 1. The molecule has 0 amide bonds. The lowest BCUT2D eigenvalue weighted by atomic mass is 10.0. The average molecular weight is 176 g/mol. The number of hydrogen-bond acceptors (Lipinski definition) is 2. The molecule has 0 radical (unpaired) electrons. The van der Waals surface area contributed by atoms with Crippen LogP contribution in [0.1, 0.15) is 16.7 Å². The smallest absolute Gasteiger partial charge is 0.162 e. The van der Waals surface area contributed by atoms with Crippen LogP contribution in [-0.4, -0.2) is 5.11 Å². The highest BCUT2D eigenvalue weighted by molar-refractivity contribution is 5.90. The average Bonchev–Trinajstić information content (AvgIpc) is 2.44. The summed E-state index contributed by atoms with van der Waals surface area (Å²) in [6.45, 7) is 6.02. The van der Waals surface area contributed by atoms with E-state index in [1.165, 1.54) is 11.8 Å². The number of hydrogen-bond donors (Lipinski definition) is 1. The van der Waals surface area contributed by atoms with Crippen LogP contribution in [0.4, 0.5) is 0 Å². The summed E-state index contributed by atoms with van der Waals surface area (Å²) in [5.74, 6) is 0.232. The highest BCUT2D eigenvalue weighted by Gasteiger charge is 2.11. The first kappa shape index (κ1) is 8.17.